The van der Waals surface area contributed by atoms with E-state index in [1.54, 1.807) is 45.0 Å². The molecule has 0 fully saturated rings. The predicted octanol–water partition coefficient (Wildman–Crippen LogP) is 4.23. The highest BCUT2D eigenvalue weighted by Crippen LogP contribution is 2.17. The van der Waals surface area contributed by atoms with Crippen LogP contribution in [0.25, 0.3) is 0 Å². The Morgan fingerprint density at radius 2 is 1.48 bits per heavy atom. The van der Waals surface area contributed by atoms with Crippen LogP contribution >= 0.6 is 0 Å². The summed E-state index contributed by atoms with van der Waals surface area (Å²) in [6.45, 7) is 4.86. The van der Waals surface area contributed by atoms with Gasteiger partial charge in [-0.2, -0.15) is 5.10 Å². The standard InChI is InChI=1S/C21H20F2N4O2/c1-12-4-6-15(10-17(12)22)24-20(28)14(3)27-9-8-19(26-27)21(29)25-16-7-5-13(2)18(23)11-16/h4-11,14H,1-3H3,(H,24,28)(H,25,29)/t14-/m0/s1. The number of rotatable bonds is 5. The Morgan fingerprint density at radius 3 is 2.03 bits per heavy atom. The highest BCUT2D eigenvalue weighted by atomic mass is 19.1. The summed E-state index contributed by atoms with van der Waals surface area (Å²) in [4.78, 5) is 24.7. The maximum Gasteiger partial charge on any atom is 0.276 e. The summed E-state index contributed by atoms with van der Waals surface area (Å²) < 4.78 is 28.6. The first-order valence-corrected chi connectivity index (χ1v) is 8.94. The van der Waals surface area contributed by atoms with Crippen molar-refractivity contribution in [3.63, 3.8) is 0 Å². The number of nitrogens with one attached hydrogen (secondary N) is 2. The lowest BCUT2D eigenvalue weighted by Crippen LogP contribution is -2.24. The van der Waals surface area contributed by atoms with Crippen LogP contribution in [0.15, 0.2) is 48.7 Å². The minimum atomic E-state index is -0.738. The average Bonchev–Trinajstić information content (AvgIpc) is 3.17. The minimum Gasteiger partial charge on any atom is -0.324 e. The molecule has 1 atom stereocenters. The lowest BCUT2D eigenvalue weighted by molar-refractivity contribution is -0.119. The fourth-order valence-corrected chi connectivity index (χ4v) is 2.58. The van der Waals surface area contributed by atoms with Crippen molar-refractivity contribution < 1.29 is 18.4 Å². The second-order valence-electron chi connectivity index (χ2n) is 6.73. The predicted molar refractivity (Wildman–Crippen MR) is 106 cm³/mol. The topological polar surface area (TPSA) is 76.0 Å². The van der Waals surface area contributed by atoms with Crippen molar-refractivity contribution in [2.75, 3.05) is 10.6 Å². The molecule has 0 unspecified atom stereocenters. The van der Waals surface area contributed by atoms with E-state index in [2.05, 4.69) is 15.7 Å². The van der Waals surface area contributed by atoms with E-state index in [0.29, 0.717) is 22.5 Å². The number of carbonyl (C=O) groups excluding carboxylic acids is 2. The molecule has 0 saturated carbocycles. The molecule has 0 aliphatic rings. The first-order chi connectivity index (χ1) is 13.7. The fourth-order valence-electron chi connectivity index (χ4n) is 2.58. The summed E-state index contributed by atoms with van der Waals surface area (Å²) in [6.07, 6.45) is 1.49. The monoisotopic (exact) mass is 398 g/mol. The highest BCUT2D eigenvalue weighted by molar-refractivity contribution is 6.02. The smallest absolute Gasteiger partial charge is 0.276 e. The maximum absolute atomic E-state index is 13.6. The Hall–Kier alpha value is -3.55. The molecule has 0 aliphatic carbocycles. The summed E-state index contributed by atoms with van der Waals surface area (Å²) in [5.74, 6) is -1.78. The molecule has 2 N–H and O–H groups in total. The average molecular weight is 398 g/mol. The van der Waals surface area contributed by atoms with Crippen LogP contribution in [0.4, 0.5) is 20.2 Å². The SMILES string of the molecule is Cc1ccc(NC(=O)c2ccn([C@@H](C)C(=O)Nc3ccc(C)c(F)c3)n2)cc1F. The van der Waals surface area contributed by atoms with Crippen molar-refractivity contribution in [1.29, 1.82) is 0 Å². The van der Waals surface area contributed by atoms with Crippen LogP contribution < -0.4 is 10.6 Å². The molecule has 29 heavy (non-hydrogen) atoms. The Balaban J connectivity index is 1.67. The normalized spacial score (nSPS) is 11.8. The third-order valence-electron chi connectivity index (χ3n) is 4.49. The number of halogens is 2. The van der Waals surface area contributed by atoms with E-state index in [0.717, 1.165) is 0 Å². The molecule has 0 aliphatic heterocycles. The molecule has 3 aromatic rings. The van der Waals surface area contributed by atoms with Gasteiger partial charge in [-0.25, -0.2) is 8.78 Å². The molecular weight excluding hydrogens is 378 g/mol. The van der Waals surface area contributed by atoms with Gasteiger partial charge in [0, 0.05) is 17.6 Å². The summed E-state index contributed by atoms with van der Waals surface area (Å²) >= 11 is 0. The molecule has 2 aromatic carbocycles. The van der Waals surface area contributed by atoms with E-state index >= 15 is 0 Å². The zero-order chi connectivity index (χ0) is 21.1. The van der Waals surface area contributed by atoms with Gasteiger partial charge in [0.1, 0.15) is 17.7 Å². The molecule has 3 rings (SSSR count). The van der Waals surface area contributed by atoms with E-state index < -0.39 is 29.5 Å². The lowest BCUT2D eigenvalue weighted by Gasteiger charge is -2.13. The van der Waals surface area contributed by atoms with Crippen molar-refractivity contribution >= 4 is 23.2 Å². The lowest BCUT2D eigenvalue weighted by atomic mass is 10.2. The summed E-state index contributed by atoms with van der Waals surface area (Å²) in [7, 11) is 0. The van der Waals surface area contributed by atoms with Gasteiger partial charge in [0.05, 0.1) is 0 Å². The van der Waals surface area contributed by atoms with Crippen molar-refractivity contribution in [1.82, 2.24) is 9.78 Å². The number of anilines is 2. The van der Waals surface area contributed by atoms with Crippen molar-refractivity contribution in [2.45, 2.75) is 26.8 Å². The summed E-state index contributed by atoms with van der Waals surface area (Å²) in [5.41, 5.74) is 1.66. The van der Waals surface area contributed by atoms with E-state index in [9.17, 15) is 18.4 Å². The van der Waals surface area contributed by atoms with Gasteiger partial charge < -0.3 is 10.6 Å². The zero-order valence-electron chi connectivity index (χ0n) is 16.2. The van der Waals surface area contributed by atoms with Gasteiger partial charge in [0.25, 0.3) is 5.91 Å². The third-order valence-corrected chi connectivity index (χ3v) is 4.49. The Labute approximate surface area is 166 Å². The number of aromatic nitrogens is 2. The second kappa shape index (κ2) is 8.22. The number of amides is 2. The first-order valence-electron chi connectivity index (χ1n) is 8.94. The molecular formula is C21H20F2N4O2. The van der Waals surface area contributed by atoms with Gasteiger partial charge in [-0.1, -0.05) is 12.1 Å². The largest absolute Gasteiger partial charge is 0.324 e. The fraction of sp³-hybridized carbons (Fsp3) is 0.190. The van der Waals surface area contributed by atoms with E-state index in [1.807, 2.05) is 0 Å². The molecule has 2 amide bonds. The van der Waals surface area contributed by atoms with Crippen LogP contribution in [-0.2, 0) is 4.79 Å². The van der Waals surface area contributed by atoms with Crippen LogP contribution in [0.2, 0.25) is 0 Å². The third kappa shape index (κ3) is 4.66. The molecule has 0 radical (unpaired) electrons. The summed E-state index contributed by atoms with van der Waals surface area (Å²) in [5, 5.41) is 9.29. The number of hydrogen-bond donors (Lipinski definition) is 2. The molecule has 1 aromatic heterocycles. The number of hydrogen-bond acceptors (Lipinski definition) is 3. The minimum absolute atomic E-state index is 0.0759. The van der Waals surface area contributed by atoms with Crippen molar-refractivity contribution in [3.8, 4) is 0 Å². The Bertz CT molecular complexity index is 1080. The van der Waals surface area contributed by atoms with Gasteiger partial charge in [-0.05, 0) is 62.2 Å². The zero-order valence-corrected chi connectivity index (χ0v) is 16.2. The van der Waals surface area contributed by atoms with E-state index in [4.69, 9.17) is 0 Å². The van der Waals surface area contributed by atoms with Crippen LogP contribution in [-0.4, -0.2) is 21.6 Å². The van der Waals surface area contributed by atoms with Gasteiger partial charge in [-0.3, -0.25) is 14.3 Å². The number of benzene rings is 2. The number of carbonyl (C=O) groups is 2. The molecule has 0 saturated heterocycles. The van der Waals surface area contributed by atoms with E-state index in [1.165, 1.54) is 29.1 Å². The van der Waals surface area contributed by atoms with Gasteiger partial charge in [0.15, 0.2) is 5.69 Å². The van der Waals surface area contributed by atoms with E-state index in [-0.39, 0.29) is 5.69 Å². The molecule has 0 spiro atoms. The first kappa shape index (κ1) is 20.2. The van der Waals surface area contributed by atoms with Crippen LogP contribution in [0.3, 0.4) is 0 Å². The van der Waals surface area contributed by atoms with Gasteiger partial charge in [0.2, 0.25) is 5.91 Å². The van der Waals surface area contributed by atoms with Crippen molar-refractivity contribution in [2.24, 2.45) is 0 Å². The number of aryl methyl sites for hydroxylation is 2. The molecule has 8 heteroatoms. The molecule has 6 nitrogen and oxygen atoms in total. The van der Waals surface area contributed by atoms with Crippen LogP contribution in [0.5, 0.6) is 0 Å². The molecule has 150 valence electrons. The second-order valence-corrected chi connectivity index (χ2v) is 6.73. The summed E-state index contributed by atoms with van der Waals surface area (Å²) in [6, 6.07) is 9.50. The Morgan fingerprint density at radius 1 is 0.931 bits per heavy atom. The highest BCUT2D eigenvalue weighted by Gasteiger charge is 2.19. The molecule has 1 heterocycles. The van der Waals surface area contributed by atoms with Crippen LogP contribution in [0, 0.1) is 25.5 Å². The Kier molecular flexibility index (Phi) is 5.72. The van der Waals surface area contributed by atoms with Gasteiger partial charge in [-0.15, -0.1) is 0 Å². The maximum atomic E-state index is 13.6. The van der Waals surface area contributed by atoms with Crippen molar-refractivity contribution in [3.05, 3.63) is 77.1 Å². The molecule has 0 bridgehead atoms. The number of nitrogens with zero attached hydrogens (tertiary/aromatic N) is 2. The quantitative estimate of drug-likeness (QED) is 0.675. The van der Waals surface area contributed by atoms with Crippen LogP contribution in [0.1, 0.15) is 34.6 Å². The van der Waals surface area contributed by atoms with Gasteiger partial charge >= 0.3 is 0 Å².